The van der Waals surface area contributed by atoms with E-state index in [1.807, 2.05) is 18.9 Å². The number of anilines is 1. The maximum atomic E-state index is 13.8. The smallest absolute Gasteiger partial charge is 0.251 e. The van der Waals surface area contributed by atoms with Crippen molar-refractivity contribution in [3.63, 3.8) is 0 Å². The molecule has 1 saturated carbocycles. The molecular formula is C19H24F3N3O. The molecule has 2 aliphatic rings. The molecule has 7 heteroatoms. The van der Waals surface area contributed by atoms with E-state index in [1.165, 1.54) is 12.1 Å². The molecule has 0 saturated heterocycles. The average Bonchev–Trinajstić information content (AvgIpc) is 2.84. The third kappa shape index (κ3) is 3.72. The van der Waals surface area contributed by atoms with Crippen LogP contribution < -0.4 is 10.7 Å². The molecule has 0 radical (unpaired) electrons. The highest BCUT2D eigenvalue weighted by Gasteiger charge is 2.37. The minimum atomic E-state index is -2.54. The monoisotopic (exact) mass is 367 g/mol. The number of rotatable bonds is 4. The molecule has 0 spiro atoms. The van der Waals surface area contributed by atoms with Gasteiger partial charge >= 0.3 is 0 Å². The lowest BCUT2D eigenvalue weighted by Crippen LogP contribution is -2.42. The van der Waals surface area contributed by atoms with Gasteiger partial charge in [-0.05, 0) is 56.4 Å². The first-order chi connectivity index (χ1) is 12.2. The van der Waals surface area contributed by atoms with Crippen LogP contribution in [0.1, 0.15) is 49.9 Å². The molecule has 4 nitrogen and oxygen atoms in total. The Labute approximate surface area is 151 Å². The standard InChI is InChI=1S/C19H24F3N3O/c1-12-10-24(11-14-5-7-19(21,22)8-6-14)25(13(12)2)15-3-4-17(20)16(9-15)18(23)26/h3-4,9,14H,5-8,10-11H2,1-2H3,(H2,23,26). The van der Waals surface area contributed by atoms with Crippen molar-refractivity contribution in [1.29, 1.82) is 0 Å². The van der Waals surface area contributed by atoms with Gasteiger partial charge in [0.05, 0.1) is 11.3 Å². The Morgan fingerprint density at radius 1 is 1.27 bits per heavy atom. The maximum Gasteiger partial charge on any atom is 0.251 e. The van der Waals surface area contributed by atoms with Gasteiger partial charge in [0.2, 0.25) is 5.92 Å². The molecule has 2 N–H and O–H groups in total. The average molecular weight is 367 g/mol. The number of carbonyl (C=O) groups excluding carboxylic acids is 1. The highest BCUT2D eigenvalue weighted by Crippen LogP contribution is 2.38. The Morgan fingerprint density at radius 2 is 1.92 bits per heavy atom. The van der Waals surface area contributed by atoms with Gasteiger partial charge in [-0.2, -0.15) is 0 Å². The highest BCUT2D eigenvalue weighted by molar-refractivity contribution is 5.94. The zero-order valence-corrected chi connectivity index (χ0v) is 15.1. The zero-order chi connectivity index (χ0) is 19.1. The quantitative estimate of drug-likeness (QED) is 0.872. The molecule has 3 rings (SSSR count). The third-order valence-electron chi connectivity index (χ3n) is 5.40. The van der Waals surface area contributed by atoms with E-state index in [0.717, 1.165) is 11.3 Å². The topological polar surface area (TPSA) is 49.6 Å². The van der Waals surface area contributed by atoms with Crippen LogP contribution in [-0.2, 0) is 0 Å². The molecule has 1 fully saturated rings. The normalized spacial score (nSPS) is 21.5. The Hall–Kier alpha value is -2.02. The number of benzene rings is 1. The number of nitrogens with two attached hydrogens (primary N) is 1. The molecule has 1 aromatic carbocycles. The summed E-state index contributed by atoms with van der Waals surface area (Å²) in [6, 6.07) is 4.28. The lowest BCUT2D eigenvalue weighted by atomic mass is 9.86. The number of allylic oxidation sites excluding steroid dienone is 1. The van der Waals surface area contributed by atoms with Crippen molar-refractivity contribution in [2.24, 2.45) is 11.7 Å². The predicted octanol–water partition coefficient (Wildman–Crippen LogP) is 4.08. The lowest BCUT2D eigenvalue weighted by Gasteiger charge is -2.36. The fraction of sp³-hybridized carbons (Fsp3) is 0.526. The molecule has 1 aliphatic carbocycles. The van der Waals surface area contributed by atoms with Crippen LogP contribution in [0, 0.1) is 11.7 Å². The lowest BCUT2D eigenvalue weighted by molar-refractivity contribution is -0.0485. The van der Waals surface area contributed by atoms with E-state index in [4.69, 9.17) is 5.73 Å². The molecular weight excluding hydrogens is 343 g/mol. The van der Waals surface area contributed by atoms with Gasteiger partial charge in [-0.3, -0.25) is 9.80 Å². The van der Waals surface area contributed by atoms with Gasteiger partial charge in [-0.1, -0.05) is 0 Å². The minimum absolute atomic E-state index is 0.0702. The number of hydrazine groups is 1. The summed E-state index contributed by atoms with van der Waals surface area (Å²) in [6.45, 7) is 5.30. The molecule has 142 valence electrons. The second-order valence-electron chi connectivity index (χ2n) is 7.35. The van der Waals surface area contributed by atoms with E-state index >= 15 is 0 Å². The van der Waals surface area contributed by atoms with Crippen molar-refractivity contribution >= 4 is 11.6 Å². The summed E-state index contributed by atoms with van der Waals surface area (Å²) in [5.74, 6) is -3.83. The first-order valence-corrected chi connectivity index (χ1v) is 8.86. The molecule has 1 aliphatic heterocycles. The van der Waals surface area contributed by atoms with E-state index in [-0.39, 0.29) is 24.3 Å². The third-order valence-corrected chi connectivity index (χ3v) is 5.40. The molecule has 0 unspecified atom stereocenters. The number of hydrogen-bond donors (Lipinski definition) is 1. The number of carbonyl (C=O) groups is 1. The number of amides is 1. The fourth-order valence-electron chi connectivity index (χ4n) is 3.77. The summed E-state index contributed by atoms with van der Waals surface area (Å²) < 4.78 is 40.6. The molecule has 1 heterocycles. The van der Waals surface area contributed by atoms with Crippen molar-refractivity contribution in [1.82, 2.24) is 5.01 Å². The fourth-order valence-corrected chi connectivity index (χ4v) is 3.77. The van der Waals surface area contributed by atoms with Crippen LogP contribution in [0.5, 0.6) is 0 Å². The number of halogens is 3. The number of primary amides is 1. The summed E-state index contributed by atoms with van der Waals surface area (Å²) >= 11 is 0. The molecule has 1 aromatic rings. The van der Waals surface area contributed by atoms with Crippen molar-refractivity contribution in [3.05, 3.63) is 40.8 Å². The van der Waals surface area contributed by atoms with Gasteiger partial charge in [0.15, 0.2) is 0 Å². The van der Waals surface area contributed by atoms with Crippen molar-refractivity contribution in [3.8, 4) is 0 Å². The van der Waals surface area contributed by atoms with Crippen LogP contribution >= 0.6 is 0 Å². The number of hydrogen-bond acceptors (Lipinski definition) is 3. The van der Waals surface area contributed by atoms with Crippen LogP contribution in [0.15, 0.2) is 29.5 Å². The van der Waals surface area contributed by atoms with E-state index in [1.54, 1.807) is 6.07 Å². The number of alkyl halides is 2. The van der Waals surface area contributed by atoms with E-state index in [9.17, 15) is 18.0 Å². The SMILES string of the molecule is CC1=C(C)N(c2ccc(F)c(C(N)=O)c2)N(CC2CCC(F)(F)CC2)C1. The van der Waals surface area contributed by atoms with Crippen LogP contribution in [0.2, 0.25) is 0 Å². The van der Waals surface area contributed by atoms with Gasteiger partial charge in [-0.25, -0.2) is 18.2 Å². The Morgan fingerprint density at radius 3 is 2.54 bits per heavy atom. The summed E-state index contributed by atoms with van der Waals surface area (Å²) in [7, 11) is 0. The van der Waals surface area contributed by atoms with Crippen molar-refractivity contribution in [2.75, 3.05) is 18.1 Å². The summed E-state index contributed by atoms with van der Waals surface area (Å²) in [5, 5.41) is 4.02. The first kappa shape index (κ1) is 18.8. The molecule has 1 amide bonds. The van der Waals surface area contributed by atoms with Gasteiger partial charge in [0.25, 0.3) is 5.91 Å². The first-order valence-electron chi connectivity index (χ1n) is 8.86. The molecule has 0 aromatic heterocycles. The van der Waals surface area contributed by atoms with Gasteiger partial charge < -0.3 is 5.73 Å². The van der Waals surface area contributed by atoms with E-state index in [0.29, 0.717) is 31.6 Å². The zero-order valence-electron chi connectivity index (χ0n) is 15.1. The predicted molar refractivity (Wildman–Crippen MR) is 94.2 cm³/mol. The second kappa shape index (κ2) is 6.95. The molecule has 26 heavy (non-hydrogen) atoms. The molecule has 0 bridgehead atoms. The van der Waals surface area contributed by atoms with Gasteiger partial charge in [0, 0.05) is 31.6 Å². The summed E-state index contributed by atoms with van der Waals surface area (Å²) in [5.41, 5.74) is 7.90. The largest absolute Gasteiger partial charge is 0.366 e. The Kier molecular flexibility index (Phi) is 5.01. The van der Waals surface area contributed by atoms with Crippen LogP contribution in [-0.4, -0.2) is 29.9 Å². The second-order valence-corrected chi connectivity index (χ2v) is 7.35. The van der Waals surface area contributed by atoms with Crippen LogP contribution in [0.25, 0.3) is 0 Å². The Bertz CT molecular complexity index is 738. The van der Waals surface area contributed by atoms with Gasteiger partial charge in [-0.15, -0.1) is 0 Å². The van der Waals surface area contributed by atoms with Crippen LogP contribution in [0.3, 0.4) is 0 Å². The summed E-state index contributed by atoms with van der Waals surface area (Å²) in [4.78, 5) is 11.5. The van der Waals surface area contributed by atoms with Crippen LogP contribution in [0.4, 0.5) is 18.9 Å². The van der Waals surface area contributed by atoms with Crippen molar-refractivity contribution < 1.29 is 18.0 Å². The van der Waals surface area contributed by atoms with E-state index in [2.05, 4.69) is 5.01 Å². The Balaban J connectivity index is 1.82. The van der Waals surface area contributed by atoms with Crippen molar-refractivity contribution in [2.45, 2.75) is 45.5 Å². The molecule has 0 atom stereocenters. The highest BCUT2D eigenvalue weighted by atomic mass is 19.3. The van der Waals surface area contributed by atoms with Gasteiger partial charge in [0.1, 0.15) is 5.82 Å². The maximum absolute atomic E-state index is 13.8. The summed E-state index contributed by atoms with van der Waals surface area (Å²) in [6.07, 6.45) is 0.843. The minimum Gasteiger partial charge on any atom is -0.366 e. The van der Waals surface area contributed by atoms with E-state index < -0.39 is 17.6 Å². The number of nitrogens with zero attached hydrogens (tertiary/aromatic N) is 2.